The van der Waals surface area contributed by atoms with E-state index in [2.05, 4.69) is 56.5 Å². The van der Waals surface area contributed by atoms with Crippen molar-refractivity contribution in [3.63, 3.8) is 0 Å². The molecular weight excluding hydrogens is 284 g/mol. The average Bonchev–Trinajstić information content (AvgIpc) is 2.89. The van der Waals surface area contributed by atoms with Gasteiger partial charge in [-0.25, -0.2) is 0 Å². The van der Waals surface area contributed by atoms with Crippen LogP contribution in [0.15, 0.2) is 12.1 Å². The zero-order valence-electron chi connectivity index (χ0n) is 13.2. The summed E-state index contributed by atoms with van der Waals surface area (Å²) in [5.41, 5.74) is 6.34. The van der Waals surface area contributed by atoms with Gasteiger partial charge in [0.1, 0.15) is 0 Å². The van der Waals surface area contributed by atoms with Crippen LogP contribution >= 0.6 is 23.1 Å². The Labute approximate surface area is 132 Å². The maximum absolute atomic E-state index is 6.10. The summed E-state index contributed by atoms with van der Waals surface area (Å²) in [5.74, 6) is 1.24. The molecule has 0 amide bonds. The predicted molar refractivity (Wildman–Crippen MR) is 92.9 cm³/mol. The molecule has 20 heavy (non-hydrogen) atoms. The molecule has 0 aromatic carbocycles. The third kappa shape index (κ3) is 3.79. The highest BCUT2D eigenvalue weighted by Gasteiger charge is 2.27. The number of nitrogens with two attached hydrogens (primary N) is 1. The third-order valence-corrected chi connectivity index (χ3v) is 6.97. The molecule has 2 unspecified atom stereocenters. The molecule has 0 radical (unpaired) electrons. The van der Waals surface area contributed by atoms with Crippen LogP contribution in [0.1, 0.15) is 49.9 Å². The maximum atomic E-state index is 6.10. The monoisotopic (exact) mass is 312 g/mol. The number of thioether (sulfide) groups is 1. The van der Waals surface area contributed by atoms with E-state index in [1.807, 2.05) is 11.3 Å². The standard InChI is InChI=1S/C16H28N2S2/c1-5-12-11-18(8-9-19-12)13(10-17)14-6-7-15(20-14)16(2,3)4/h6-7,12-13H,5,8-11,17H2,1-4H3. The molecule has 2 nitrogen and oxygen atoms in total. The van der Waals surface area contributed by atoms with E-state index in [0.717, 1.165) is 11.8 Å². The summed E-state index contributed by atoms with van der Waals surface area (Å²) in [5, 5.41) is 0.778. The lowest BCUT2D eigenvalue weighted by Crippen LogP contribution is -2.42. The van der Waals surface area contributed by atoms with Gasteiger partial charge in [0, 0.05) is 40.4 Å². The van der Waals surface area contributed by atoms with E-state index in [-0.39, 0.29) is 5.41 Å². The second kappa shape index (κ2) is 6.82. The van der Waals surface area contributed by atoms with Crippen LogP contribution in [0.4, 0.5) is 0 Å². The van der Waals surface area contributed by atoms with Crippen molar-refractivity contribution in [1.82, 2.24) is 4.90 Å². The predicted octanol–water partition coefficient (Wildman–Crippen LogP) is 3.87. The van der Waals surface area contributed by atoms with Gasteiger partial charge < -0.3 is 5.73 Å². The molecule has 1 aliphatic rings. The Morgan fingerprint density at radius 2 is 2.15 bits per heavy atom. The van der Waals surface area contributed by atoms with Crippen molar-refractivity contribution in [2.75, 3.05) is 25.4 Å². The smallest absolute Gasteiger partial charge is 0.0565 e. The van der Waals surface area contributed by atoms with Crippen LogP contribution in [0.2, 0.25) is 0 Å². The van der Waals surface area contributed by atoms with Gasteiger partial charge in [-0.15, -0.1) is 11.3 Å². The molecule has 114 valence electrons. The molecule has 2 heterocycles. The van der Waals surface area contributed by atoms with Crippen LogP contribution in [-0.4, -0.2) is 35.5 Å². The molecule has 1 saturated heterocycles. The van der Waals surface area contributed by atoms with Gasteiger partial charge in [0.05, 0.1) is 6.04 Å². The Kier molecular flexibility index (Phi) is 5.57. The van der Waals surface area contributed by atoms with Crippen LogP contribution in [-0.2, 0) is 5.41 Å². The molecule has 0 saturated carbocycles. The first-order valence-corrected chi connectivity index (χ1v) is 9.48. The van der Waals surface area contributed by atoms with Gasteiger partial charge in [0.15, 0.2) is 0 Å². The van der Waals surface area contributed by atoms with E-state index in [4.69, 9.17) is 5.73 Å². The van der Waals surface area contributed by atoms with Crippen LogP contribution < -0.4 is 5.73 Å². The first-order chi connectivity index (χ1) is 9.45. The summed E-state index contributed by atoms with van der Waals surface area (Å²) >= 11 is 4.07. The van der Waals surface area contributed by atoms with Crippen molar-refractivity contribution < 1.29 is 0 Å². The van der Waals surface area contributed by atoms with Crippen molar-refractivity contribution in [2.45, 2.75) is 50.8 Å². The van der Waals surface area contributed by atoms with E-state index in [1.165, 1.54) is 35.0 Å². The van der Waals surface area contributed by atoms with Crippen molar-refractivity contribution in [3.8, 4) is 0 Å². The third-order valence-electron chi connectivity index (χ3n) is 3.98. The number of rotatable bonds is 4. The van der Waals surface area contributed by atoms with Crippen molar-refractivity contribution in [2.24, 2.45) is 5.73 Å². The molecule has 1 aliphatic heterocycles. The summed E-state index contributed by atoms with van der Waals surface area (Å²) in [6.45, 7) is 12.2. The molecular formula is C16H28N2S2. The molecule has 1 aromatic heterocycles. The van der Waals surface area contributed by atoms with Crippen LogP contribution in [0.25, 0.3) is 0 Å². The molecule has 0 spiro atoms. The highest BCUT2D eigenvalue weighted by atomic mass is 32.2. The molecule has 0 aliphatic carbocycles. The number of hydrogen-bond donors (Lipinski definition) is 1. The first-order valence-electron chi connectivity index (χ1n) is 7.61. The fourth-order valence-corrected chi connectivity index (χ4v) is 5.07. The fraction of sp³-hybridized carbons (Fsp3) is 0.750. The van der Waals surface area contributed by atoms with Gasteiger partial charge in [0.25, 0.3) is 0 Å². The lowest BCUT2D eigenvalue weighted by atomic mass is 9.95. The minimum absolute atomic E-state index is 0.242. The van der Waals surface area contributed by atoms with E-state index >= 15 is 0 Å². The van der Waals surface area contributed by atoms with Gasteiger partial charge in [-0.3, -0.25) is 4.90 Å². The zero-order valence-corrected chi connectivity index (χ0v) is 14.8. The van der Waals surface area contributed by atoms with Gasteiger partial charge in [0.2, 0.25) is 0 Å². The van der Waals surface area contributed by atoms with Crippen molar-refractivity contribution in [1.29, 1.82) is 0 Å². The Bertz CT molecular complexity index is 422. The van der Waals surface area contributed by atoms with Crippen LogP contribution in [0.5, 0.6) is 0 Å². The number of thiophene rings is 1. The molecule has 2 rings (SSSR count). The molecule has 4 heteroatoms. The Morgan fingerprint density at radius 3 is 2.70 bits per heavy atom. The van der Waals surface area contributed by atoms with Crippen LogP contribution in [0.3, 0.4) is 0 Å². The number of hydrogen-bond acceptors (Lipinski definition) is 4. The van der Waals surface area contributed by atoms with Gasteiger partial charge >= 0.3 is 0 Å². The highest BCUT2D eigenvalue weighted by molar-refractivity contribution is 8.00. The summed E-state index contributed by atoms with van der Waals surface area (Å²) in [7, 11) is 0. The minimum Gasteiger partial charge on any atom is -0.329 e. The lowest BCUT2D eigenvalue weighted by molar-refractivity contribution is 0.210. The Morgan fingerprint density at radius 1 is 1.40 bits per heavy atom. The minimum atomic E-state index is 0.242. The van der Waals surface area contributed by atoms with E-state index in [0.29, 0.717) is 6.04 Å². The normalized spacial score (nSPS) is 22.9. The van der Waals surface area contributed by atoms with Gasteiger partial charge in [-0.2, -0.15) is 11.8 Å². The first kappa shape index (κ1) is 16.3. The number of nitrogens with zero attached hydrogens (tertiary/aromatic N) is 1. The second-order valence-electron chi connectivity index (χ2n) is 6.60. The molecule has 0 bridgehead atoms. The average molecular weight is 313 g/mol. The summed E-state index contributed by atoms with van der Waals surface area (Å²) in [6.07, 6.45) is 1.26. The second-order valence-corrected chi connectivity index (χ2v) is 9.12. The summed E-state index contributed by atoms with van der Waals surface area (Å²) in [4.78, 5) is 5.51. The van der Waals surface area contributed by atoms with Gasteiger partial charge in [-0.05, 0) is 24.0 Å². The molecule has 1 aromatic rings. The highest BCUT2D eigenvalue weighted by Crippen LogP contribution is 2.35. The largest absolute Gasteiger partial charge is 0.329 e. The van der Waals surface area contributed by atoms with Gasteiger partial charge in [-0.1, -0.05) is 27.7 Å². The van der Waals surface area contributed by atoms with Crippen molar-refractivity contribution >= 4 is 23.1 Å². The summed E-state index contributed by atoms with van der Waals surface area (Å²) < 4.78 is 0. The quantitative estimate of drug-likeness (QED) is 0.915. The molecule has 1 fully saturated rings. The Balaban J connectivity index is 2.13. The summed E-state index contributed by atoms with van der Waals surface area (Å²) in [6, 6.07) is 5.00. The van der Waals surface area contributed by atoms with Crippen molar-refractivity contribution in [3.05, 3.63) is 21.9 Å². The van der Waals surface area contributed by atoms with E-state index in [1.54, 1.807) is 0 Å². The van der Waals surface area contributed by atoms with E-state index in [9.17, 15) is 0 Å². The molecule has 2 atom stereocenters. The Hall–Kier alpha value is -0.0300. The lowest BCUT2D eigenvalue weighted by Gasteiger charge is -2.37. The van der Waals surface area contributed by atoms with Crippen LogP contribution in [0, 0.1) is 0 Å². The topological polar surface area (TPSA) is 29.3 Å². The fourth-order valence-electron chi connectivity index (χ4n) is 2.65. The van der Waals surface area contributed by atoms with E-state index < -0.39 is 0 Å². The zero-order chi connectivity index (χ0) is 14.8. The maximum Gasteiger partial charge on any atom is 0.0565 e. The SMILES string of the molecule is CCC1CN(C(CN)c2ccc(C(C)(C)C)s2)CCS1. The molecule has 2 N–H and O–H groups in total.